The molecule has 0 aromatic heterocycles. The lowest BCUT2D eigenvalue weighted by molar-refractivity contribution is -0.139. The third-order valence-corrected chi connectivity index (χ3v) is 3.32. The SMILES string of the molecule is O=C(O)[C@@H]1C(=S)CCN1C(=O)OCc1ccccc1. The van der Waals surface area contributed by atoms with Gasteiger partial charge in [-0.1, -0.05) is 42.5 Å². The lowest BCUT2D eigenvalue weighted by atomic mass is 10.2. The van der Waals surface area contributed by atoms with Crippen molar-refractivity contribution in [2.75, 3.05) is 6.54 Å². The standard InChI is InChI=1S/C13H13NO4S/c15-12(16)11-10(19)6-7-14(11)13(17)18-8-9-4-2-1-3-5-9/h1-5,11H,6-8H2,(H,15,16)/t11-/m0/s1. The van der Waals surface area contributed by atoms with Crippen molar-refractivity contribution in [1.29, 1.82) is 0 Å². The minimum Gasteiger partial charge on any atom is -0.479 e. The molecule has 1 aliphatic heterocycles. The lowest BCUT2D eigenvalue weighted by Gasteiger charge is -2.20. The smallest absolute Gasteiger partial charge is 0.411 e. The number of hydrogen-bond donors (Lipinski definition) is 1. The Hall–Kier alpha value is -1.95. The van der Waals surface area contributed by atoms with Crippen LogP contribution >= 0.6 is 12.2 Å². The minimum atomic E-state index is -1.11. The highest BCUT2D eigenvalue weighted by molar-refractivity contribution is 7.80. The summed E-state index contributed by atoms with van der Waals surface area (Å²) in [5, 5.41) is 9.05. The molecule has 0 bridgehead atoms. The Labute approximate surface area is 115 Å². The zero-order chi connectivity index (χ0) is 13.8. The summed E-state index contributed by atoms with van der Waals surface area (Å²) in [5.74, 6) is -1.11. The average molecular weight is 279 g/mol. The Morgan fingerprint density at radius 2 is 2.05 bits per heavy atom. The third-order valence-electron chi connectivity index (χ3n) is 2.89. The van der Waals surface area contributed by atoms with Crippen LogP contribution in [0.3, 0.4) is 0 Å². The second kappa shape index (κ2) is 5.79. The van der Waals surface area contributed by atoms with Crippen molar-refractivity contribution in [2.45, 2.75) is 19.1 Å². The summed E-state index contributed by atoms with van der Waals surface area (Å²) in [6.07, 6.45) is -0.219. The van der Waals surface area contributed by atoms with Gasteiger partial charge in [-0.2, -0.15) is 0 Å². The molecular weight excluding hydrogens is 266 g/mol. The zero-order valence-electron chi connectivity index (χ0n) is 10.1. The van der Waals surface area contributed by atoms with E-state index in [2.05, 4.69) is 0 Å². The van der Waals surface area contributed by atoms with E-state index in [4.69, 9.17) is 22.1 Å². The van der Waals surface area contributed by atoms with Crippen molar-refractivity contribution < 1.29 is 19.4 Å². The molecule has 0 saturated carbocycles. The van der Waals surface area contributed by atoms with Crippen LogP contribution < -0.4 is 0 Å². The van der Waals surface area contributed by atoms with E-state index >= 15 is 0 Å². The van der Waals surface area contributed by atoms with Crippen LogP contribution in [0.2, 0.25) is 0 Å². The molecule has 6 heteroatoms. The van der Waals surface area contributed by atoms with E-state index in [1.807, 2.05) is 30.3 Å². The molecule has 0 unspecified atom stereocenters. The quantitative estimate of drug-likeness (QED) is 0.855. The van der Waals surface area contributed by atoms with E-state index in [1.54, 1.807) is 0 Å². The number of carboxylic acid groups (broad SMARTS) is 1. The predicted molar refractivity (Wildman–Crippen MR) is 72.0 cm³/mol. The molecule has 0 aliphatic carbocycles. The lowest BCUT2D eigenvalue weighted by Crippen LogP contribution is -2.43. The van der Waals surface area contributed by atoms with Gasteiger partial charge in [-0.05, 0) is 12.0 Å². The van der Waals surface area contributed by atoms with Crippen LogP contribution in [0, 0.1) is 0 Å². The third kappa shape index (κ3) is 3.08. The van der Waals surface area contributed by atoms with Gasteiger partial charge in [-0.3, -0.25) is 4.90 Å². The molecule has 0 radical (unpaired) electrons. The van der Waals surface area contributed by atoms with E-state index in [9.17, 15) is 9.59 Å². The van der Waals surface area contributed by atoms with Crippen LogP contribution in [0.25, 0.3) is 0 Å². The Morgan fingerprint density at radius 3 is 2.68 bits per heavy atom. The number of benzene rings is 1. The van der Waals surface area contributed by atoms with Crippen LogP contribution in [-0.2, 0) is 16.1 Å². The first-order chi connectivity index (χ1) is 9.09. The number of thiocarbonyl (C=S) groups is 1. The van der Waals surface area contributed by atoms with Crippen LogP contribution in [0.4, 0.5) is 4.79 Å². The molecule has 1 atom stereocenters. The topological polar surface area (TPSA) is 66.8 Å². The molecule has 1 aromatic rings. The van der Waals surface area contributed by atoms with Crippen molar-refractivity contribution >= 4 is 29.1 Å². The van der Waals surface area contributed by atoms with Crippen LogP contribution in [0.1, 0.15) is 12.0 Å². The second-order valence-corrected chi connectivity index (χ2v) is 4.72. The number of ether oxygens (including phenoxy) is 1. The molecule has 0 spiro atoms. The molecule has 19 heavy (non-hydrogen) atoms. The first-order valence-electron chi connectivity index (χ1n) is 5.82. The normalized spacial score (nSPS) is 18.4. The highest BCUT2D eigenvalue weighted by Gasteiger charge is 2.39. The number of hydrogen-bond acceptors (Lipinski definition) is 4. The number of carbonyl (C=O) groups is 2. The Bertz CT molecular complexity index is 503. The highest BCUT2D eigenvalue weighted by Crippen LogP contribution is 2.17. The Balaban J connectivity index is 1.96. The van der Waals surface area contributed by atoms with Gasteiger partial charge in [0.15, 0.2) is 6.04 Å². The molecule has 2 rings (SSSR count). The van der Waals surface area contributed by atoms with Gasteiger partial charge in [-0.15, -0.1) is 0 Å². The first kappa shape index (κ1) is 13.5. The molecule has 1 aliphatic rings. The Morgan fingerprint density at radius 1 is 1.37 bits per heavy atom. The van der Waals surface area contributed by atoms with Crippen molar-refractivity contribution in [1.82, 2.24) is 4.90 Å². The summed E-state index contributed by atoms with van der Waals surface area (Å²) < 4.78 is 5.10. The highest BCUT2D eigenvalue weighted by atomic mass is 32.1. The number of amides is 1. The number of likely N-dealkylation sites (tertiary alicyclic amines) is 1. The van der Waals surface area contributed by atoms with Gasteiger partial charge in [0.25, 0.3) is 0 Å². The van der Waals surface area contributed by atoms with Crippen molar-refractivity contribution in [3.8, 4) is 0 Å². The fourth-order valence-electron chi connectivity index (χ4n) is 1.94. The summed E-state index contributed by atoms with van der Waals surface area (Å²) >= 11 is 4.96. The average Bonchev–Trinajstić information content (AvgIpc) is 2.79. The van der Waals surface area contributed by atoms with E-state index in [0.29, 0.717) is 17.8 Å². The predicted octanol–water partition coefficient (Wildman–Crippen LogP) is 1.85. The zero-order valence-corrected chi connectivity index (χ0v) is 10.9. The van der Waals surface area contributed by atoms with Gasteiger partial charge in [0.1, 0.15) is 6.61 Å². The monoisotopic (exact) mass is 279 g/mol. The molecule has 1 N–H and O–H groups in total. The van der Waals surface area contributed by atoms with E-state index in [0.717, 1.165) is 10.5 Å². The number of carboxylic acids is 1. The fraction of sp³-hybridized carbons (Fsp3) is 0.308. The largest absolute Gasteiger partial charge is 0.479 e. The van der Waals surface area contributed by atoms with Crippen molar-refractivity contribution in [3.63, 3.8) is 0 Å². The maximum absolute atomic E-state index is 11.9. The summed E-state index contributed by atoms with van der Waals surface area (Å²) in [4.78, 5) is 24.4. The van der Waals surface area contributed by atoms with E-state index in [1.165, 1.54) is 0 Å². The number of nitrogens with zero attached hydrogens (tertiary/aromatic N) is 1. The molecular formula is C13H13NO4S. The Kier molecular flexibility index (Phi) is 4.11. The van der Waals surface area contributed by atoms with Gasteiger partial charge >= 0.3 is 12.1 Å². The molecule has 1 saturated heterocycles. The number of aliphatic carboxylic acids is 1. The second-order valence-electron chi connectivity index (χ2n) is 4.19. The van der Waals surface area contributed by atoms with Gasteiger partial charge in [0.05, 0.1) is 0 Å². The van der Waals surface area contributed by atoms with Gasteiger partial charge in [0, 0.05) is 11.4 Å². The maximum atomic E-state index is 11.9. The maximum Gasteiger partial charge on any atom is 0.411 e. The van der Waals surface area contributed by atoms with Gasteiger partial charge < -0.3 is 9.84 Å². The fourth-order valence-corrected chi connectivity index (χ4v) is 2.26. The summed E-state index contributed by atoms with van der Waals surface area (Å²) in [7, 11) is 0. The first-order valence-corrected chi connectivity index (χ1v) is 6.23. The van der Waals surface area contributed by atoms with Crippen LogP contribution in [-0.4, -0.2) is 39.5 Å². The minimum absolute atomic E-state index is 0.120. The molecule has 1 aromatic carbocycles. The molecule has 5 nitrogen and oxygen atoms in total. The molecule has 100 valence electrons. The van der Waals surface area contributed by atoms with E-state index < -0.39 is 18.1 Å². The summed E-state index contributed by atoms with van der Waals surface area (Å²) in [6.45, 7) is 0.415. The molecule has 1 amide bonds. The van der Waals surface area contributed by atoms with Crippen LogP contribution in [0.5, 0.6) is 0 Å². The number of rotatable bonds is 3. The molecule has 1 heterocycles. The summed E-state index contributed by atoms with van der Waals surface area (Å²) in [6, 6.07) is 8.17. The molecule has 1 fully saturated rings. The van der Waals surface area contributed by atoms with E-state index in [-0.39, 0.29) is 6.61 Å². The van der Waals surface area contributed by atoms with Crippen LogP contribution in [0.15, 0.2) is 30.3 Å². The van der Waals surface area contributed by atoms with Crippen molar-refractivity contribution in [2.24, 2.45) is 0 Å². The van der Waals surface area contributed by atoms with Crippen molar-refractivity contribution in [3.05, 3.63) is 35.9 Å². The summed E-state index contributed by atoms with van der Waals surface area (Å²) in [5.41, 5.74) is 0.851. The number of carbonyl (C=O) groups excluding carboxylic acids is 1. The van der Waals surface area contributed by atoms with Gasteiger partial charge in [-0.25, -0.2) is 9.59 Å². The van der Waals surface area contributed by atoms with Gasteiger partial charge in [0.2, 0.25) is 0 Å².